The lowest BCUT2D eigenvalue weighted by Gasteiger charge is -1.65. The average molecular weight is 97.1 g/mol. The van der Waals surface area contributed by atoms with E-state index in [1.807, 2.05) is 6.92 Å². The zero-order valence-electron chi connectivity index (χ0n) is 4.13. The predicted octanol–water partition coefficient (Wildman–Crippen LogP) is 1.58. The Labute approximate surface area is 42.3 Å². The Morgan fingerprint density at radius 2 is 2.29 bits per heavy atom. The first kappa shape index (κ1) is 6.01. The van der Waals surface area contributed by atoms with E-state index in [9.17, 15) is 0 Å². The van der Waals surface area contributed by atoms with Crippen LogP contribution in [0.15, 0.2) is 22.4 Å². The van der Waals surface area contributed by atoms with Gasteiger partial charge in [0.05, 0.1) is 0 Å². The second-order valence-electron chi connectivity index (χ2n) is 0.876. The third-order valence-corrected chi connectivity index (χ3v) is 0.360. The predicted molar refractivity (Wildman–Crippen MR) is 28.5 cm³/mol. The summed E-state index contributed by atoms with van der Waals surface area (Å²) >= 11 is 0. The molecule has 0 aromatic rings. The van der Waals surface area contributed by atoms with Gasteiger partial charge in [-0.1, -0.05) is 6.08 Å². The van der Waals surface area contributed by atoms with Crippen molar-refractivity contribution in [2.45, 2.75) is 6.92 Å². The molecule has 0 amide bonds. The van der Waals surface area contributed by atoms with E-state index in [0.29, 0.717) is 0 Å². The average Bonchev–Trinajstić information content (AvgIpc) is 1.69. The summed E-state index contributed by atoms with van der Waals surface area (Å²) in [6, 6.07) is 0. The maximum Gasteiger partial charge on any atom is 0.137 e. The van der Waals surface area contributed by atoms with Crippen molar-refractivity contribution in [1.82, 2.24) is 0 Å². The molecule has 0 aliphatic carbocycles. The number of allylic oxidation sites excluding steroid dienone is 1. The van der Waals surface area contributed by atoms with Gasteiger partial charge in [0, 0.05) is 6.20 Å². The monoisotopic (exact) mass is 97.1 g/mol. The standard InChI is InChI=1S/C4H7N3/c1-2-3-6-4-7-5/h2-5H,1H3/b3-2-,6-4-,7-5?. The molecule has 0 saturated carbocycles. The van der Waals surface area contributed by atoms with Crippen molar-refractivity contribution >= 4 is 6.34 Å². The Morgan fingerprint density at radius 1 is 1.57 bits per heavy atom. The Bertz CT molecular complexity index is 93.1. The van der Waals surface area contributed by atoms with Crippen LogP contribution in [0.25, 0.3) is 0 Å². The van der Waals surface area contributed by atoms with Crippen molar-refractivity contribution < 1.29 is 0 Å². The molecule has 0 aromatic heterocycles. The summed E-state index contributed by atoms with van der Waals surface area (Å²) in [5.74, 6) is 0. The van der Waals surface area contributed by atoms with Crippen molar-refractivity contribution in [3.05, 3.63) is 12.3 Å². The van der Waals surface area contributed by atoms with Crippen LogP contribution in [0.1, 0.15) is 6.92 Å². The second kappa shape index (κ2) is 5.01. The van der Waals surface area contributed by atoms with Crippen LogP contribution in [0.5, 0.6) is 0 Å². The highest BCUT2D eigenvalue weighted by atomic mass is 15.0. The SMILES string of the molecule is C/C=C\N=C/N=N. The van der Waals surface area contributed by atoms with Crippen LogP contribution in [0.4, 0.5) is 0 Å². The first-order valence-electron chi connectivity index (χ1n) is 1.91. The highest BCUT2D eigenvalue weighted by Gasteiger charge is 1.53. The smallest absolute Gasteiger partial charge is 0.137 e. The van der Waals surface area contributed by atoms with Crippen LogP contribution in [-0.4, -0.2) is 6.34 Å². The van der Waals surface area contributed by atoms with Gasteiger partial charge in [0.2, 0.25) is 0 Å². The molecule has 0 aliphatic rings. The van der Waals surface area contributed by atoms with Gasteiger partial charge in [-0.25, -0.2) is 10.5 Å². The summed E-state index contributed by atoms with van der Waals surface area (Å²) in [5.41, 5.74) is 6.22. The molecular formula is C4H7N3. The molecule has 0 rings (SSSR count). The normalized spacial score (nSPS) is 11.0. The van der Waals surface area contributed by atoms with E-state index < -0.39 is 0 Å². The fourth-order valence-corrected chi connectivity index (χ4v) is 0.158. The Balaban J connectivity index is 3.27. The number of nitrogens with one attached hydrogen (secondary N) is 1. The highest BCUT2D eigenvalue weighted by Crippen LogP contribution is 1.68. The Hall–Kier alpha value is -0.990. The molecule has 1 N–H and O–H groups in total. The number of hydrogen-bond donors (Lipinski definition) is 1. The lowest BCUT2D eigenvalue weighted by molar-refractivity contribution is 1.20. The summed E-state index contributed by atoms with van der Waals surface area (Å²) < 4.78 is 0. The summed E-state index contributed by atoms with van der Waals surface area (Å²) in [6.07, 6.45) is 4.50. The quantitative estimate of drug-likeness (QED) is 0.309. The maximum atomic E-state index is 6.22. The van der Waals surface area contributed by atoms with Crippen LogP contribution in [0.2, 0.25) is 0 Å². The topological polar surface area (TPSA) is 48.6 Å². The van der Waals surface area contributed by atoms with E-state index in [-0.39, 0.29) is 0 Å². The van der Waals surface area contributed by atoms with Gasteiger partial charge in [0.15, 0.2) is 0 Å². The third kappa shape index (κ3) is 5.01. The molecule has 38 valence electrons. The van der Waals surface area contributed by atoms with Crippen molar-refractivity contribution in [3.8, 4) is 0 Å². The minimum Gasteiger partial charge on any atom is -0.243 e. The number of nitrogens with zero attached hydrogens (tertiary/aromatic N) is 2. The minimum absolute atomic E-state index is 1.17. The fraction of sp³-hybridized carbons (Fsp3) is 0.250. The Kier molecular flexibility index (Phi) is 4.30. The maximum absolute atomic E-state index is 6.22. The van der Waals surface area contributed by atoms with E-state index >= 15 is 0 Å². The van der Waals surface area contributed by atoms with Crippen LogP contribution in [-0.2, 0) is 0 Å². The van der Waals surface area contributed by atoms with Crippen LogP contribution < -0.4 is 0 Å². The van der Waals surface area contributed by atoms with Gasteiger partial charge >= 0.3 is 0 Å². The van der Waals surface area contributed by atoms with Gasteiger partial charge in [0.1, 0.15) is 6.34 Å². The van der Waals surface area contributed by atoms with Gasteiger partial charge in [-0.05, 0) is 6.92 Å². The minimum atomic E-state index is 1.17. The molecule has 0 spiro atoms. The first-order valence-corrected chi connectivity index (χ1v) is 1.91. The van der Waals surface area contributed by atoms with E-state index in [1.54, 1.807) is 12.3 Å². The van der Waals surface area contributed by atoms with E-state index in [2.05, 4.69) is 10.1 Å². The zero-order valence-corrected chi connectivity index (χ0v) is 4.13. The number of rotatable bonds is 2. The van der Waals surface area contributed by atoms with Gasteiger partial charge in [-0.2, -0.15) is 0 Å². The van der Waals surface area contributed by atoms with Crippen LogP contribution in [0.3, 0.4) is 0 Å². The molecule has 0 bridgehead atoms. The van der Waals surface area contributed by atoms with Crippen molar-refractivity contribution in [2.75, 3.05) is 0 Å². The van der Waals surface area contributed by atoms with E-state index in [4.69, 9.17) is 5.53 Å². The Morgan fingerprint density at radius 3 is 2.71 bits per heavy atom. The van der Waals surface area contributed by atoms with E-state index in [1.165, 1.54) is 6.34 Å². The molecule has 7 heavy (non-hydrogen) atoms. The molecule has 0 unspecified atom stereocenters. The third-order valence-electron chi connectivity index (χ3n) is 0.360. The molecule has 3 nitrogen and oxygen atoms in total. The molecule has 0 fully saturated rings. The summed E-state index contributed by atoms with van der Waals surface area (Å²) in [5, 5.41) is 2.88. The number of aliphatic imine (C=N–C) groups is 1. The first-order chi connectivity index (χ1) is 3.41. The van der Waals surface area contributed by atoms with Crippen molar-refractivity contribution in [3.63, 3.8) is 0 Å². The van der Waals surface area contributed by atoms with Crippen LogP contribution in [0, 0.1) is 5.53 Å². The second-order valence-corrected chi connectivity index (χ2v) is 0.876. The largest absolute Gasteiger partial charge is 0.243 e. The van der Waals surface area contributed by atoms with Gasteiger partial charge in [-0.15, -0.1) is 5.11 Å². The van der Waals surface area contributed by atoms with Gasteiger partial charge < -0.3 is 0 Å². The molecular weight excluding hydrogens is 90.1 g/mol. The molecule has 0 atom stereocenters. The molecule has 0 heterocycles. The summed E-state index contributed by atoms with van der Waals surface area (Å²) in [4.78, 5) is 3.55. The van der Waals surface area contributed by atoms with Crippen molar-refractivity contribution in [2.24, 2.45) is 10.1 Å². The fourth-order valence-electron chi connectivity index (χ4n) is 0.158. The summed E-state index contributed by atoms with van der Waals surface area (Å²) in [6.45, 7) is 1.85. The molecule has 3 heteroatoms. The molecule has 0 aliphatic heterocycles. The highest BCUT2D eigenvalue weighted by molar-refractivity contribution is 5.54. The lowest BCUT2D eigenvalue weighted by Crippen LogP contribution is -1.54. The number of hydrogen-bond acceptors (Lipinski definition) is 2. The lowest BCUT2D eigenvalue weighted by atomic mass is 10.7. The van der Waals surface area contributed by atoms with Crippen molar-refractivity contribution in [1.29, 1.82) is 5.53 Å². The van der Waals surface area contributed by atoms with E-state index in [0.717, 1.165) is 0 Å². The van der Waals surface area contributed by atoms with Gasteiger partial charge in [0.25, 0.3) is 0 Å². The zero-order chi connectivity index (χ0) is 5.54. The van der Waals surface area contributed by atoms with Gasteiger partial charge in [-0.3, -0.25) is 0 Å². The molecule has 0 radical (unpaired) electrons. The molecule has 0 aromatic carbocycles. The van der Waals surface area contributed by atoms with Crippen LogP contribution >= 0.6 is 0 Å². The molecule has 0 saturated heterocycles. The summed E-state index contributed by atoms with van der Waals surface area (Å²) in [7, 11) is 0.